The lowest BCUT2D eigenvalue weighted by atomic mass is 10.00. The highest BCUT2D eigenvalue weighted by Crippen LogP contribution is 2.18. The molecule has 4 N–H and O–H groups in total. The Balaban J connectivity index is 1.45. The number of rotatable bonds is 9. The van der Waals surface area contributed by atoms with Crippen LogP contribution in [0.25, 0.3) is 0 Å². The van der Waals surface area contributed by atoms with Crippen molar-refractivity contribution < 1.29 is 9.90 Å². The van der Waals surface area contributed by atoms with Crippen LogP contribution in [0.15, 0.2) is 42.6 Å². The first-order valence-electron chi connectivity index (χ1n) is 9.75. The van der Waals surface area contributed by atoms with Gasteiger partial charge in [0.2, 0.25) is 0 Å². The number of nitrogens with zero attached hydrogens (tertiary/aromatic N) is 2. The quantitative estimate of drug-likeness (QED) is 0.481. The number of carbonyl (C=O) groups is 1. The fourth-order valence-corrected chi connectivity index (χ4v) is 3.37. The maximum Gasteiger partial charge on any atom is 0.251 e. The van der Waals surface area contributed by atoms with E-state index in [0.717, 1.165) is 32.6 Å². The minimum Gasteiger partial charge on any atom is -0.390 e. The van der Waals surface area contributed by atoms with Crippen LogP contribution in [0.5, 0.6) is 0 Å². The van der Waals surface area contributed by atoms with Gasteiger partial charge in [-0.05, 0) is 36.7 Å². The van der Waals surface area contributed by atoms with Crippen LogP contribution < -0.4 is 16.0 Å². The maximum atomic E-state index is 12.4. The molecule has 2 aromatic rings. The topological polar surface area (TPSA) is 89.5 Å². The predicted molar refractivity (Wildman–Crippen MR) is 110 cm³/mol. The molecule has 1 aliphatic rings. The smallest absolute Gasteiger partial charge is 0.251 e. The molecule has 0 saturated heterocycles. The van der Waals surface area contributed by atoms with Gasteiger partial charge in [0.15, 0.2) is 0 Å². The third kappa shape index (κ3) is 5.76. The van der Waals surface area contributed by atoms with Gasteiger partial charge < -0.3 is 21.1 Å². The third-order valence-electron chi connectivity index (χ3n) is 4.88. The highest BCUT2D eigenvalue weighted by Gasteiger charge is 2.19. The Hall–Kier alpha value is -2.48. The van der Waals surface area contributed by atoms with Crippen LogP contribution in [-0.2, 0) is 13.0 Å². The summed E-state index contributed by atoms with van der Waals surface area (Å²) < 4.78 is 0. The van der Waals surface area contributed by atoms with Gasteiger partial charge in [-0.25, -0.2) is 4.98 Å². The molecule has 2 heterocycles. The van der Waals surface area contributed by atoms with Crippen molar-refractivity contribution in [1.29, 1.82) is 0 Å². The molecule has 7 nitrogen and oxygen atoms in total. The highest BCUT2D eigenvalue weighted by atomic mass is 16.3. The molecule has 0 spiro atoms. The Bertz CT molecular complexity index is 783. The van der Waals surface area contributed by atoms with Crippen LogP contribution in [0.3, 0.4) is 0 Å². The van der Waals surface area contributed by atoms with E-state index in [-0.39, 0.29) is 12.5 Å². The number of β-amino-alcohol motifs (C(OH)–C–C–N with tert-alkyl or cyclic N) is 1. The number of benzene rings is 1. The largest absolute Gasteiger partial charge is 0.390 e. The van der Waals surface area contributed by atoms with E-state index in [1.54, 1.807) is 18.3 Å². The summed E-state index contributed by atoms with van der Waals surface area (Å²) in [4.78, 5) is 18.8. The van der Waals surface area contributed by atoms with Crippen molar-refractivity contribution >= 4 is 11.7 Å². The van der Waals surface area contributed by atoms with Crippen LogP contribution in [0.2, 0.25) is 0 Å². The normalized spacial score (nSPS) is 14.9. The number of pyridine rings is 1. The number of nitrogens with one attached hydrogen (secondary N) is 3. The zero-order valence-corrected chi connectivity index (χ0v) is 16.3. The van der Waals surface area contributed by atoms with E-state index < -0.39 is 6.10 Å². The molecule has 1 amide bonds. The van der Waals surface area contributed by atoms with E-state index in [4.69, 9.17) is 0 Å². The zero-order valence-electron chi connectivity index (χ0n) is 16.3. The molecule has 1 unspecified atom stereocenters. The van der Waals surface area contributed by atoms with E-state index >= 15 is 0 Å². The number of aliphatic hydroxyl groups is 1. The minimum atomic E-state index is -0.607. The fourth-order valence-electron chi connectivity index (χ4n) is 3.37. The van der Waals surface area contributed by atoms with Crippen molar-refractivity contribution in [3.05, 3.63) is 59.3 Å². The number of anilines is 1. The van der Waals surface area contributed by atoms with Gasteiger partial charge in [0.25, 0.3) is 5.91 Å². The number of likely N-dealkylation sites (N-methyl/N-ethyl adjacent to an activating group) is 1. The van der Waals surface area contributed by atoms with Crippen LogP contribution in [0, 0.1) is 0 Å². The SMILES string of the molecule is CNCCNc1cc(C(=O)NCC(O)CN2CCc3ccccc3C2)ccn1. The van der Waals surface area contributed by atoms with Crippen LogP contribution in [0.1, 0.15) is 21.5 Å². The highest BCUT2D eigenvalue weighted by molar-refractivity contribution is 5.94. The first-order chi connectivity index (χ1) is 13.7. The predicted octanol–water partition coefficient (Wildman–Crippen LogP) is 0.862. The lowest BCUT2D eigenvalue weighted by Gasteiger charge is -2.30. The summed E-state index contributed by atoms with van der Waals surface area (Å²) in [5.41, 5.74) is 3.24. The Labute approximate surface area is 166 Å². The second-order valence-corrected chi connectivity index (χ2v) is 7.08. The van der Waals surface area contributed by atoms with Gasteiger partial charge in [0.1, 0.15) is 5.82 Å². The van der Waals surface area contributed by atoms with Gasteiger partial charge in [0.05, 0.1) is 6.10 Å². The lowest BCUT2D eigenvalue weighted by molar-refractivity contribution is 0.0842. The van der Waals surface area contributed by atoms with Crippen molar-refractivity contribution in [3.8, 4) is 0 Å². The molecule has 1 atom stereocenters. The van der Waals surface area contributed by atoms with Crippen molar-refractivity contribution in [1.82, 2.24) is 20.5 Å². The first kappa shape index (κ1) is 20.3. The molecule has 3 rings (SSSR count). The van der Waals surface area contributed by atoms with Gasteiger partial charge in [-0.1, -0.05) is 24.3 Å². The van der Waals surface area contributed by atoms with E-state index in [0.29, 0.717) is 17.9 Å². The Morgan fingerprint density at radius 2 is 2.07 bits per heavy atom. The molecular weight excluding hydrogens is 354 g/mol. The second-order valence-electron chi connectivity index (χ2n) is 7.08. The Kier molecular flexibility index (Phi) is 7.36. The number of hydrogen-bond donors (Lipinski definition) is 4. The summed E-state index contributed by atoms with van der Waals surface area (Å²) in [5, 5.41) is 19.4. The Morgan fingerprint density at radius 3 is 2.89 bits per heavy atom. The number of carbonyl (C=O) groups excluding carboxylic acids is 1. The van der Waals surface area contributed by atoms with Gasteiger partial charge in [-0.3, -0.25) is 9.69 Å². The summed E-state index contributed by atoms with van der Waals surface area (Å²) in [5.74, 6) is 0.456. The average molecular weight is 383 g/mol. The van der Waals surface area contributed by atoms with E-state index in [1.165, 1.54) is 11.1 Å². The number of amides is 1. The van der Waals surface area contributed by atoms with Gasteiger partial charge in [0, 0.05) is 51.0 Å². The van der Waals surface area contributed by atoms with E-state index in [1.807, 2.05) is 7.05 Å². The monoisotopic (exact) mass is 383 g/mol. The van der Waals surface area contributed by atoms with Crippen LogP contribution in [-0.4, -0.2) is 66.8 Å². The molecule has 7 heteroatoms. The van der Waals surface area contributed by atoms with E-state index in [9.17, 15) is 9.90 Å². The van der Waals surface area contributed by atoms with Crippen molar-refractivity contribution in [2.24, 2.45) is 0 Å². The Morgan fingerprint density at radius 1 is 1.25 bits per heavy atom. The van der Waals surface area contributed by atoms with Crippen LogP contribution in [0.4, 0.5) is 5.82 Å². The molecule has 1 aromatic heterocycles. The van der Waals surface area contributed by atoms with Gasteiger partial charge in [-0.2, -0.15) is 0 Å². The summed E-state index contributed by atoms with van der Waals surface area (Å²) in [6.07, 6.45) is 2.00. The van der Waals surface area contributed by atoms with Gasteiger partial charge >= 0.3 is 0 Å². The molecular formula is C21H29N5O2. The standard InChI is InChI=1S/C21H29N5O2/c1-22-9-10-24-20-12-17(6-8-23-20)21(28)25-13-19(27)15-26-11-7-16-4-2-3-5-18(16)14-26/h2-6,8,12,19,22,27H,7,9-11,13-15H2,1H3,(H,23,24)(H,25,28). The molecule has 1 aromatic carbocycles. The molecule has 0 saturated carbocycles. The molecule has 0 bridgehead atoms. The summed E-state index contributed by atoms with van der Waals surface area (Å²) in [6.45, 7) is 4.07. The number of aliphatic hydroxyl groups excluding tert-OH is 1. The van der Waals surface area contributed by atoms with Gasteiger partial charge in [-0.15, -0.1) is 0 Å². The first-order valence-corrected chi connectivity index (χ1v) is 9.75. The number of fused-ring (bicyclic) bond motifs is 1. The summed E-state index contributed by atoms with van der Waals surface area (Å²) in [6, 6.07) is 11.8. The maximum absolute atomic E-state index is 12.4. The lowest BCUT2D eigenvalue weighted by Crippen LogP contribution is -2.42. The van der Waals surface area contributed by atoms with Crippen LogP contribution >= 0.6 is 0 Å². The summed E-state index contributed by atoms with van der Waals surface area (Å²) in [7, 11) is 1.88. The molecule has 28 heavy (non-hydrogen) atoms. The van der Waals surface area contributed by atoms with Crippen molar-refractivity contribution in [2.45, 2.75) is 19.1 Å². The molecule has 0 radical (unpaired) electrons. The molecule has 0 fully saturated rings. The average Bonchev–Trinajstić information content (AvgIpc) is 2.72. The minimum absolute atomic E-state index is 0.206. The second kappa shape index (κ2) is 10.2. The fraction of sp³-hybridized carbons (Fsp3) is 0.429. The number of aromatic nitrogens is 1. The van der Waals surface area contributed by atoms with Crippen molar-refractivity contribution in [2.75, 3.05) is 45.1 Å². The van der Waals surface area contributed by atoms with E-state index in [2.05, 4.69) is 50.1 Å². The third-order valence-corrected chi connectivity index (χ3v) is 4.88. The van der Waals surface area contributed by atoms with Crippen molar-refractivity contribution in [3.63, 3.8) is 0 Å². The summed E-state index contributed by atoms with van der Waals surface area (Å²) >= 11 is 0. The number of hydrogen-bond acceptors (Lipinski definition) is 6. The zero-order chi connectivity index (χ0) is 19.8. The molecule has 1 aliphatic heterocycles. The molecule has 150 valence electrons. The molecule has 0 aliphatic carbocycles.